The monoisotopic (exact) mass is 135 g/mol. The molecule has 0 aromatic carbocycles. The summed E-state index contributed by atoms with van der Waals surface area (Å²) >= 11 is 0. The third-order valence-electron chi connectivity index (χ3n) is 0.539. The normalized spacial score (nSPS) is 16.0. The third kappa shape index (κ3) is 11.0. The van der Waals surface area contributed by atoms with Gasteiger partial charge >= 0.3 is 6.09 Å². The van der Waals surface area contributed by atoms with E-state index in [0.717, 1.165) is 19.6 Å². The van der Waals surface area contributed by atoms with Crippen molar-refractivity contribution in [2.24, 2.45) is 5.73 Å². The van der Waals surface area contributed by atoms with E-state index in [0.29, 0.717) is 0 Å². The van der Waals surface area contributed by atoms with Crippen LogP contribution in [0.3, 0.4) is 0 Å². The van der Waals surface area contributed by atoms with E-state index in [4.69, 9.17) is 9.90 Å². The fourth-order valence-electron chi connectivity index (χ4n) is 0.295. The van der Waals surface area contributed by atoms with Crippen molar-refractivity contribution in [2.45, 2.75) is 6.42 Å². The predicted octanol–water partition coefficient (Wildman–Crippen LogP) is -0.0386. The molecule has 0 aromatic rings. The van der Waals surface area contributed by atoms with Gasteiger partial charge in [0.1, 0.15) is 0 Å². The number of rotatable bonds is 0. The molecule has 54 valence electrons. The average Bonchev–Trinajstić information content (AvgIpc) is 2.11. The predicted molar refractivity (Wildman–Crippen MR) is 28.7 cm³/mol. The van der Waals surface area contributed by atoms with Crippen molar-refractivity contribution in [1.29, 1.82) is 0 Å². The highest BCUT2D eigenvalue weighted by molar-refractivity contribution is 5.61. The molecular formula is C4H9NO4. The van der Waals surface area contributed by atoms with E-state index < -0.39 is 6.09 Å². The molecule has 0 aromatic heterocycles. The lowest BCUT2D eigenvalue weighted by molar-refractivity contribution is -0.248. The first-order chi connectivity index (χ1) is 4.23. The summed E-state index contributed by atoms with van der Waals surface area (Å²) in [4.78, 5) is 17.7. The summed E-state index contributed by atoms with van der Waals surface area (Å²) < 4.78 is 0. The Labute approximate surface area is 52.3 Å². The average molecular weight is 135 g/mol. The van der Waals surface area contributed by atoms with E-state index in [1.165, 1.54) is 0 Å². The van der Waals surface area contributed by atoms with Gasteiger partial charge in [-0.05, 0) is 0 Å². The maximum atomic E-state index is 8.78. The molecule has 0 radical (unpaired) electrons. The molecule has 1 heterocycles. The van der Waals surface area contributed by atoms with Crippen LogP contribution < -0.4 is 5.73 Å². The molecule has 9 heavy (non-hydrogen) atoms. The number of carboxylic acid groups (broad SMARTS) is 1. The fraction of sp³-hybridized carbons (Fsp3) is 0.750. The number of hydrogen-bond donors (Lipinski definition) is 2. The van der Waals surface area contributed by atoms with Crippen molar-refractivity contribution in [2.75, 3.05) is 13.2 Å². The van der Waals surface area contributed by atoms with Gasteiger partial charge in [0.05, 0.1) is 13.2 Å². The quantitative estimate of drug-likeness (QED) is 0.456. The molecule has 1 amide bonds. The Morgan fingerprint density at radius 1 is 1.44 bits per heavy atom. The van der Waals surface area contributed by atoms with Gasteiger partial charge in [-0.15, -0.1) is 0 Å². The van der Waals surface area contributed by atoms with Gasteiger partial charge in [-0.2, -0.15) is 0 Å². The van der Waals surface area contributed by atoms with Crippen molar-refractivity contribution in [3.63, 3.8) is 0 Å². The molecule has 0 unspecified atom stereocenters. The summed E-state index contributed by atoms with van der Waals surface area (Å²) in [6.45, 7) is 1.56. The van der Waals surface area contributed by atoms with Crippen molar-refractivity contribution >= 4 is 6.09 Å². The van der Waals surface area contributed by atoms with Crippen LogP contribution in [0.25, 0.3) is 0 Å². The van der Waals surface area contributed by atoms with Crippen molar-refractivity contribution in [1.82, 2.24) is 0 Å². The van der Waals surface area contributed by atoms with Crippen LogP contribution in [0.15, 0.2) is 0 Å². The Balaban J connectivity index is 0.000000148. The van der Waals surface area contributed by atoms with Gasteiger partial charge in [-0.25, -0.2) is 14.6 Å². The van der Waals surface area contributed by atoms with Crippen LogP contribution in [0, 0.1) is 0 Å². The molecule has 0 saturated carbocycles. The number of hydrogen-bond acceptors (Lipinski definition) is 3. The highest BCUT2D eigenvalue weighted by atomic mass is 17.2. The van der Waals surface area contributed by atoms with Crippen LogP contribution in [0.1, 0.15) is 6.42 Å². The summed E-state index contributed by atoms with van der Waals surface area (Å²) in [6, 6.07) is 0. The molecule has 0 aliphatic carbocycles. The van der Waals surface area contributed by atoms with Gasteiger partial charge in [-0.1, -0.05) is 0 Å². The Hall–Kier alpha value is -0.810. The molecule has 5 nitrogen and oxygen atoms in total. The van der Waals surface area contributed by atoms with E-state index >= 15 is 0 Å². The molecule has 1 fully saturated rings. The smallest absolute Gasteiger partial charge is 0.402 e. The van der Waals surface area contributed by atoms with Crippen LogP contribution in [0.4, 0.5) is 4.79 Å². The van der Waals surface area contributed by atoms with Gasteiger partial charge in [0.2, 0.25) is 0 Å². The van der Waals surface area contributed by atoms with Crippen molar-refractivity contribution in [3.8, 4) is 0 Å². The SMILES string of the molecule is C1COOC1.NC(=O)O. The molecule has 0 atom stereocenters. The standard InChI is InChI=1S/C3H6O2.CH3NO2/c1-2-4-5-3-1;2-1(3)4/h1-3H2;2H2,(H,3,4). The zero-order chi connectivity index (χ0) is 7.11. The highest BCUT2D eigenvalue weighted by Gasteiger charge is 1.95. The number of nitrogens with two attached hydrogens (primary N) is 1. The Bertz CT molecular complexity index is 69.0. The second kappa shape index (κ2) is 5.33. The van der Waals surface area contributed by atoms with Gasteiger partial charge in [0, 0.05) is 6.42 Å². The van der Waals surface area contributed by atoms with E-state index in [9.17, 15) is 0 Å². The summed E-state index contributed by atoms with van der Waals surface area (Å²) in [5, 5.41) is 7.19. The van der Waals surface area contributed by atoms with Crippen LogP contribution in [0.2, 0.25) is 0 Å². The van der Waals surface area contributed by atoms with Gasteiger partial charge in [-0.3, -0.25) is 0 Å². The van der Waals surface area contributed by atoms with Crippen LogP contribution in [-0.4, -0.2) is 24.4 Å². The Kier molecular flexibility index (Phi) is 4.85. The van der Waals surface area contributed by atoms with Gasteiger partial charge in [0.25, 0.3) is 0 Å². The zero-order valence-corrected chi connectivity index (χ0v) is 4.87. The van der Waals surface area contributed by atoms with E-state index in [-0.39, 0.29) is 0 Å². The van der Waals surface area contributed by atoms with E-state index in [1.807, 2.05) is 0 Å². The minimum absolute atomic E-state index is 0.778. The molecule has 3 N–H and O–H groups in total. The number of amides is 1. The lowest BCUT2D eigenvalue weighted by Crippen LogP contribution is -2.03. The van der Waals surface area contributed by atoms with Crippen LogP contribution in [-0.2, 0) is 9.78 Å². The largest absolute Gasteiger partial charge is 0.465 e. The molecule has 1 rings (SSSR count). The highest BCUT2D eigenvalue weighted by Crippen LogP contribution is 1.93. The molecule has 0 bridgehead atoms. The van der Waals surface area contributed by atoms with E-state index in [1.54, 1.807) is 0 Å². The zero-order valence-electron chi connectivity index (χ0n) is 4.87. The topological polar surface area (TPSA) is 81.8 Å². The van der Waals surface area contributed by atoms with Crippen molar-refractivity contribution < 1.29 is 19.7 Å². The molecule has 5 heteroatoms. The minimum atomic E-state index is -1.33. The number of carbonyl (C=O) groups is 1. The second-order valence-corrected chi connectivity index (χ2v) is 1.34. The van der Waals surface area contributed by atoms with Gasteiger partial charge < -0.3 is 10.8 Å². The summed E-state index contributed by atoms with van der Waals surface area (Å²) in [5.74, 6) is 0. The van der Waals surface area contributed by atoms with Gasteiger partial charge in [0.15, 0.2) is 0 Å². The summed E-state index contributed by atoms with van der Waals surface area (Å²) in [5.41, 5.74) is 4.03. The molecule has 0 spiro atoms. The molecular weight excluding hydrogens is 126 g/mol. The lowest BCUT2D eigenvalue weighted by Gasteiger charge is -1.77. The maximum Gasteiger partial charge on any atom is 0.402 e. The molecule has 1 aliphatic heterocycles. The minimum Gasteiger partial charge on any atom is -0.465 e. The Morgan fingerprint density at radius 3 is 1.89 bits per heavy atom. The lowest BCUT2D eigenvalue weighted by atomic mass is 10.5. The van der Waals surface area contributed by atoms with Crippen molar-refractivity contribution in [3.05, 3.63) is 0 Å². The third-order valence-corrected chi connectivity index (χ3v) is 0.539. The first-order valence-electron chi connectivity index (χ1n) is 2.46. The van der Waals surface area contributed by atoms with E-state index in [2.05, 4.69) is 15.5 Å². The molecule has 1 saturated heterocycles. The molecule has 1 aliphatic rings. The van der Waals surface area contributed by atoms with Crippen LogP contribution in [0.5, 0.6) is 0 Å². The first-order valence-corrected chi connectivity index (χ1v) is 2.46. The summed E-state index contributed by atoms with van der Waals surface area (Å²) in [6.07, 6.45) is -0.278. The Morgan fingerprint density at radius 2 is 1.78 bits per heavy atom. The first kappa shape index (κ1) is 8.19. The second-order valence-electron chi connectivity index (χ2n) is 1.34. The maximum absolute atomic E-state index is 8.78. The fourth-order valence-corrected chi connectivity index (χ4v) is 0.295. The van der Waals surface area contributed by atoms with Crippen LogP contribution >= 0.6 is 0 Å². The summed E-state index contributed by atoms with van der Waals surface area (Å²) in [7, 11) is 0. The number of primary amides is 1.